The monoisotopic (exact) mass is 418 g/mol. The van der Waals surface area contributed by atoms with Crippen LogP contribution in [0, 0.1) is 13.8 Å². The number of carbonyl (C=O) groups excluding carboxylic acids is 1. The van der Waals surface area contributed by atoms with Crippen molar-refractivity contribution in [2.75, 3.05) is 31.6 Å². The molecule has 0 bridgehead atoms. The number of hydrogen-bond donors (Lipinski definition) is 1. The smallest absolute Gasteiger partial charge is 0.266 e. The molecule has 1 atom stereocenters. The van der Waals surface area contributed by atoms with Gasteiger partial charge in [-0.3, -0.25) is 9.69 Å². The van der Waals surface area contributed by atoms with E-state index in [-0.39, 0.29) is 11.9 Å². The van der Waals surface area contributed by atoms with Gasteiger partial charge in [0.1, 0.15) is 5.00 Å². The van der Waals surface area contributed by atoms with Crippen molar-refractivity contribution in [1.29, 1.82) is 0 Å². The van der Waals surface area contributed by atoms with Gasteiger partial charge in [0.05, 0.1) is 24.1 Å². The second kappa shape index (κ2) is 8.24. The lowest BCUT2D eigenvalue weighted by molar-refractivity contribution is 0.0241. The Hall–Kier alpha value is -1.51. The van der Waals surface area contributed by atoms with E-state index in [1.807, 2.05) is 17.5 Å². The van der Waals surface area contributed by atoms with Gasteiger partial charge in [0.2, 0.25) is 0 Å². The van der Waals surface area contributed by atoms with Crippen molar-refractivity contribution in [1.82, 2.24) is 4.90 Å². The third-order valence-electron chi connectivity index (χ3n) is 4.95. The van der Waals surface area contributed by atoms with Crippen LogP contribution in [0.15, 0.2) is 34.3 Å². The van der Waals surface area contributed by atoms with Gasteiger partial charge in [0, 0.05) is 23.5 Å². The van der Waals surface area contributed by atoms with Gasteiger partial charge in [-0.15, -0.1) is 22.7 Å². The molecule has 1 fully saturated rings. The molecule has 0 unspecified atom stereocenters. The summed E-state index contributed by atoms with van der Waals surface area (Å²) in [4.78, 5) is 17.2. The summed E-state index contributed by atoms with van der Waals surface area (Å²) < 4.78 is 5.58. The molecule has 1 amide bonds. The van der Waals surface area contributed by atoms with E-state index >= 15 is 0 Å². The first kappa shape index (κ1) is 18.8. The molecule has 3 aromatic rings. The zero-order chi connectivity index (χ0) is 18.8. The molecule has 0 spiro atoms. The highest BCUT2D eigenvalue weighted by Crippen LogP contribution is 2.43. The molecule has 7 heteroatoms. The largest absolute Gasteiger partial charge is 0.379 e. The van der Waals surface area contributed by atoms with Crippen LogP contribution in [0.1, 0.15) is 37.3 Å². The minimum absolute atomic E-state index is 0.0291. The van der Waals surface area contributed by atoms with Crippen molar-refractivity contribution in [2.45, 2.75) is 19.9 Å². The average molecular weight is 419 g/mol. The molecule has 4 nitrogen and oxygen atoms in total. The zero-order valence-corrected chi connectivity index (χ0v) is 17.8. The SMILES string of the molecule is Cc1sc(NC(=O)c2cccs2)c([C@@H](c2ccsc2)N2CCOCC2)c1C. The Kier molecular flexibility index (Phi) is 5.75. The molecule has 27 heavy (non-hydrogen) atoms. The van der Waals surface area contributed by atoms with Crippen molar-refractivity contribution in [2.24, 2.45) is 0 Å². The summed E-state index contributed by atoms with van der Waals surface area (Å²) >= 11 is 4.86. The van der Waals surface area contributed by atoms with Gasteiger partial charge in [-0.25, -0.2) is 0 Å². The third kappa shape index (κ3) is 3.88. The Bertz CT molecular complexity index is 894. The molecular formula is C20H22N2O2S3. The van der Waals surface area contributed by atoms with Crippen LogP contribution in [-0.4, -0.2) is 37.1 Å². The van der Waals surface area contributed by atoms with E-state index in [1.54, 1.807) is 22.7 Å². The first-order chi connectivity index (χ1) is 13.1. The molecule has 1 saturated heterocycles. The van der Waals surface area contributed by atoms with Gasteiger partial charge in [0.25, 0.3) is 5.91 Å². The summed E-state index contributed by atoms with van der Waals surface area (Å²) in [6, 6.07) is 6.12. The summed E-state index contributed by atoms with van der Waals surface area (Å²) in [6.07, 6.45) is 0. The maximum atomic E-state index is 12.7. The standard InChI is InChI=1S/C20H22N2O2S3/c1-13-14(2)27-20(21-19(23)16-4-3-10-26-16)17(13)18(15-5-11-25-12-15)22-6-8-24-9-7-22/h3-5,10-12,18H,6-9H2,1-2H3,(H,21,23)/t18-/m1/s1. The van der Waals surface area contributed by atoms with Crippen molar-refractivity contribution >= 4 is 44.9 Å². The van der Waals surface area contributed by atoms with Crippen LogP contribution in [0.25, 0.3) is 0 Å². The molecular weight excluding hydrogens is 396 g/mol. The van der Waals surface area contributed by atoms with E-state index in [0.29, 0.717) is 0 Å². The molecule has 4 heterocycles. The van der Waals surface area contributed by atoms with E-state index in [0.717, 1.165) is 36.2 Å². The fourth-order valence-corrected chi connectivity index (χ4v) is 5.85. The summed E-state index contributed by atoms with van der Waals surface area (Å²) in [5.41, 5.74) is 3.78. The van der Waals surface area contributed by atoms with E-state index < -0.39 is 0 Å². The highest BCUT2D eigenvalue weighted by atomic mass is 32.1. The van der Waals surface area contributed by atoms with Crippen LogP contribution in [0.2, 0.25) is 0 Å². The van der Waals surface area contributed by atoms with E-state index in [1.165, 1.54) is 32.9 Å². The van der Waals surface area contributed by atoms with Crippen molar-refractivity contribution in [3.05, 3.63) is 60.8 Å². The summed E-state index contributed by atoms with van der Waals surface area (Å²) in [5.74, 6) is -0.0291. The van der Waals surface area contributed by atoms with E-state index in [4.69, 9.17) is 4.74 Å². The average Bonchev–Trinajstić information content (AvgIpc) is 3.42. The number of rotatable bonds is 5. The maximum absolute atomic E-state index is 12.7. The van der Waals surface area contributed by atoms with Gasteiger partial charge in [-0.1, -0.05) is 6.07 Å². The van der Waals surface area contributed by atoms with Crippen LogP contribution >= 0.6 is 34.0 Å². The lowest BCUT2D eigenvalue weighted by Gasteiger charge is -2.35. The number of aryl methyl sites for hydroxylation is 1. The Morgan fingerprint density at radius 3 is 2.70 bits per heavy atom. The third-order valence-corrected chi connectivity index (χ3v) is 7.66. The molecule has 1 aliphatic rings. The topological polar surface area (TPSA) is 41.6 Å². The highest BCUT2D eigenvalue weighted by Gasteiger charge is 2.30. The summed E-state index contributed by atoms with van der Waals surface area (Å²) in [6.45, 7) is 7.59. The number of nitrogens with zero attached hydrogens (tertiary/aromatic N) is 1. The summed E-state index contributed by atoms with van der Waals surface area (Å²) in [5, 5.41) is 10.4. The van der Waals surface area contributed by atoms with Crippen molar-refractivity contribution in [3.63, 3.8) is 0 Å². The zero-order valence-electron chi connectivity index (χ0n) is 15.4. The number of anilines is 1. The molecule has 0 saturated carbocycles. The first-order valence-corrected chi connectivity index (χ1v) is 11.6. The molecule has 3 aromatic heterocycles. The number of hydrogen-bond acceptors (Lipinski definition) is 6. The maximum Gasteiger partial charge on any atom is 0.266 e. The molecule has 1 N–H and O–H groups in total. The fraction of sp³-hybridized carbons (Fsp3) is 0.350. The number of nitrogens with one attached hydrogen (secondary N) is 1. The first-order valence-electron chi connectivity index (χ1n) is 8.93. The molecule has 1 aliphatic heterocycles. The Balaban J connectivity index is 1.74. The van der Waals surface area contributed by atoms with Crippen LogP contribution in [-0.2, 0) is 4.74 Å². The van der Waals surface area contributed by atoms with Gasteiger partial charge < -0.3 is 10.1 Å². The predicted octanol–water partition coefficient (Wildman–Crippen LogP) is 5.16. The minimum atomic E-state index is -0.0291. The van der Waals surface area contributed by atoms with Gasteiger partial charge in [0.15, 0.2) is 0 Å². The number of carbonyl (C=O) groups is 1. The number of thiophene rings is 3. The Labute approximate surface area is 171 Å². The number of morpholine rings is 1. The fourth-order valence-electron chi connectivity index (χ4n) is 3.47. The van der Waals surface area contributed by atoms with Gasteiger partial charge >= 0.3 is 0 Å². The minimum Gasteiger partial charge on any atom is -0.379 e. The van der Waals surface area contributed by atoms with E-state index in [9.17, 15) is 4.79 Å². The van der Waals surface area contributed by atoms with Crippen LogP contribution < -0.4 is 5.32 Å². The second-order valence-corrected chi connectivity index (χ2v) is 9.52. The molecule has 142 valence electrons. The normalized spacial score (nSPS) is 16.4. The van der Waals surface area contributed by atoms with E-state index in [2.05, 4.69) is 40.9 Å². The predicted molar refractivity (Wildman–Crippen MR) is 115 cm³/mol. The highest BCUT2D eigenvalue weighted by molar-refractivity contribution is 7.17. The van der Waals surface area contributed by atoms with Crippen molar-refractivity contribution in [3.8, 4) is 0 Å². The summed E-state index contributed by atoms with van der Waals surface area (Å²) in [7, 11) is 0. The molecule has 0 radical (unpaired) electrons. The van der Waals surface area contributed by atoms with Crippen LogP contribution in [0.4, 0.5) is 5.00 Å². The Morgan fingerprint density at radius 2 is 2.04 bits per heavy atom. The number of ether oxygens (including phenoxy) is 1. The van der Waals surface area contributed by atoms with Crippen molar-refractivity contribution < 1.29 is 9.53 Å². The quantitative estimate of drug-likeness (QED) is 0.622. The molecule has 0 aromatic carbocycles. The van der Waals surface area contributed by atoms with Crippen LogP contribution in [0.3, 0.4) is 0 Å². The lowest BCUT2D eigenvalue weighted by atomic mass is 9.96. The second-order valence-electron chi connectivity index (χ2n) is 6.57. The molecule has 0 aliphatic carbocycles. The number of amides is 1. The van der Waals surface area contributed by atoms with Crippen LogP contribution in [0.5, 0.6) is 0 Å². The van der Waals surface area contributed by atoms with Gasteiger partial charge in [-0.05, 0) is 53.2 Å². The Morgan fingerprint density at radius 1 is 1.22 bits per heavy atom. The lowest BCUT2D eigenvalue weighted by Crippen LogP contribution is -2.39. The molecule has 4 rings (SSSR count). The van der Waals surface area contributed by atoms with Gasteiger partial charge in [-0.2, -0.15) is 11.3 Å².